The molecule has 1 aliphatic carbocycles. The molecule has 1 aliphatic rings. The SMILES string of the molecule is NN(CC(=O)Nc1nc2ccc(OC(F)(F)F)cc2s1)C(=O)C1CC1. The first kappa shape index (κ1) is 17.4. The molecule has 1 heterocycles. The molecule has 0 radical (unpaired) electrons. The molecule has 1 aromatic carbocycles. The number of rotatable bonds is 5. The summed E-state index contributed by atoms with van der Waals surface area (Å²) in [6.45, 7) is -0.326. The van der Waals surface area contributed by atoms with Crippen LogP contribution in [0, 0.1) is 5.92 Å². The number of aromatic nitrogens is 1. The van der Waals surface area contributed by atoms with Crippen molar-refractivity contribution in [3.05, 3.63) is 18.2 Å². The number of hydrazine groups is 1. The van der Waals surface area contributed by atoms with Crippen LogP contribution in [0.3, 0.4) is 0 Å². The predicted molar refractivity (Wildman–Crippen MR) is 83.6 cm³/mol. The van der Waals surface area contributed by atoms with Crippen LogP contribution in [0.25, 0.3) is 10.2 Å². The molecule has 3 N–H and O–H groups in total. The molecular formula is C14H13F3N4O3S. The van der Waals surface area contributed by atoms with E-state index in [4.69, 9.17) is 5.84 Å². The molecule has 25 heavy (non-hydrogen) atoms. The van der Waals surface area contributed by atoms with Crippen LogP contribution in [-0.2, 0) is 9.59 Å². The van der Waals surface area contributed by atoms with E-state index in [1.54, 1.807) is 0 Å². The van der Waals surface area contributed by atoms with E-state index in [2.05, 4.69) is 15.0 Å². The van der Waals surface area contributed by atoms with E-state index in [1.165, 1.54) is 12.1 Å². The maximum Gasteiger partial charge on any atom is 0.573 e. The number of halogens is 3. The van der Waals surface area contributed by atoms with Crippen molar-refractivity contribution in [1.82, 2.24) is 9.99 Å². The van der Waals surface area contributed by atoms with E-state index in [-0.39, 0.29) is 29.3 Å². The highest BCUT2D eigenvalue weighted by molar-refractivity contribution is 7.22. The molecule has 0 saturated heterocycles. The topological polar surface area (TPSA) is 97.6 Å². The molecule has 1 aromatic heterocycles. The van der Waals surface area contributed by atoms with E-state index < -0.39 is 12.3 Å². The monoisotopic (exact) mass is 374 g/mol. The quantitative estimate of drug-likeness (QED) is 0.475. The van der Waals surface area contributed by atoms with Crippen molar-refractivity contribution in [2.24, 2.45) is 11.8 Å². The smallest absolute Gasteiger partial charge is 0.406 e. The molecule has 2 aromatic rings. The average Bonchev–Trinajstić information content (AvgIpc) is 3.25. The minimum absolute atomic E-state index is 0.104. The lowest BCUT2D eigenvalue weighted by Crippen LogP contribution is -2.43. The van der Waals surface area contributed by atoms with E-state index in [9.17, 15) is 22.8 Å². The van der Waals surface area contributed by atoms with Gasteiger partial charge in [-0.25, -0.2) is 10.8 Å². The Bertz CT molecular complexity index is 819. The molecule has 1 fully saturated rings. The van der Waals surface area contributed by atoms with Crippen molar-refractivity contribution in [1.29, 1.82) is 0 Å². The van der Waals surface area contributed by atoms with Gasteiger partial charge in [0.2, 0.25) is 11.8 Å². The molecule has 0 aliphatic heterocycles. The van der Waals surface area contributed by atoms with E-state index in [0.29, 0.717) is 10.2 Å². The summed E-state index contributed by atoms with van der Waals surface area (Å²) in [5.74, 6) is 4.25. The molecule has 11 heteroatoms. The number of carbonyl (C=O) groups excluding carboxylic acids is 2. The number of benzene rings is 1. The van der Waals surface area contributed by atoms with Gasteiger partial charge in [-0.1, -0.05) is 11.3 Å². The normalized spacial score (nSPS) is 14.4. The van der Waals surface area contributed by atoms with Crippen molar-refractivity contribution >= 4 is 38.5 Å². The van der Waals surface area contributed by atoms with Gasteiger partial charge in [-0.15, -0.1) is 13.2 Å². The summed E-state index contributed by atoms with van der Waals surface area (Å²) < 4.78 is 40.9. The highest BCUT2D eigenvalue weighted by atomic mass is 32.1. The standard InChI is InChI=1S/C14H13F3N4O3S/c15-14(16,17)24-8-3-4-9-10(5-8)25-13(19-9)20-11(22)6-21(18)12(23)7-1-2-7/h3-5,7H,1-2,6,18H2,(H,19,20,22). The molecule has 3 rings (SSSR count). The van der Waals surface area contributed by atoms with Gasteiger partial charge in [0.25, 0.3) is 0 Å². The Balaban J connectivity index is 1.65. The molecule has 0 unspecified atom stereocenters. The van der Waals surface area contributed by atoms with E-state index in [0.717, 1.165) is 35.3 Å². The molecule has 0 atom stereocenters. The van der Waals surface area contributed by atoms with Gasteiger partial charge in [0.05, 0.1) is 10.2 Å². The van der Waals surface area contributed by atoms with Gasteiger partial charge in [0.1, 0.15) is 12.3 Å². The zero-order chi connectivity index (χ0) is 18.2. The number of alkyl halides is 3. The van der Waals surface area contributed by atoms with Crippen LogP contribution in [-0.4, -0.2) is 34.7 Å². The van der Waals surface area contributed by atoms with Gasteiger partial charge >= 0.3 is 6.36 Å². The lowest BCUT2D eigenvalue weighted by atomic mass is 10.3. The number of thiazole rings is 1. The lowest BCUT2D eigenvalue weighted by molar-refractivity contribution is -0.274. The third-order valence-electron chi connectivity index (χ3n) is 3.36. The number of nitrogens with two attached hydrogens (primary N) is 1. The molecule has 7 nitrogen and oxygen atoms in total. The second-order valence-corrected chi connectivity index (χ2v) is 6.52. The Labute approximate surface area is 143 Å². The lowest BCUT2D eigenvalue weighted by Gasteiger charge is -2.15. The zero-order valence-corrected chi connectivity index (χ0v) is 13.5. The summed E-state index contributed by atoms with van der Waals surface area (Å²) in [7, 11) is 0. The van der Waals surface area contributed by atoms with Crippen molar-refractivity contribution in [3.63, 3.8) is 0 Å². The number of ether oxygens (including phenoxy) is 1. The van der Waals surface area contributed by atoms with Crippen LogP contribution in [0.4, 0.5) is 18.3 Å². The van der Waals surface area contributed by atoms with Crippen molar-refractivity contribution in [3.8, 4) is 5.75 Å². The maximum atomic E-state index is 12.2. The number of carbonyl (C=O) groups is 2. The first-order valence-corrected chi connectivity index (χ1v) is 8.05. The van der Waals surface area contributed by atoms with Gasteiger partial charge in [-0.2, -0.15) is 0 Å². The van der Waals surface area contributed by atoms with E-state index >= 15 is 0 Å². The number of hydrogen-bond donors (Lipinski definition) is 2. The Morgan fingerprint density at radius 3 is 2.76 bits per heavy atom. The van der Waals surface area contributed by atoms with Gasteiger partial charge < -0.3 is 10.1 Å². The second-order valence-electron chi connectivity index (χ2n) is 5.48. The third kappa shape index (κ3) is 4.57. The molecular weight excluding hydrogens is 361 g/mol. The van der Waals surface area contributed by atoms with Gasteiger partial charge in [-0.05, 0) is 25.0 Å². The highest BCUT2D eigenvalue weighted by Crippen LogP contribution is 2.32. The summed E-state index contributed by atoms with van der Waals surface area (Å²) in [6.07, 6.45) is -3.24. The van der Waals surface area contributed by atoms with Crippen LogP contribution < -0.4 is 15.9 Å². The van der Waals surface area contributed by atoms with Gasteiger partial charge in [0, 0.05) is 12.0 Å². The largest absolute Gasteiger partial charge is 0.573 e. The fraction of sp³-hybridized carbons (Fsp3) is 0.357. The number of fused-ring (bicyclic) bond motifs is 1. The number of nitrogens with one attached hydrogen (secondary N) is 1. The Morgan fingerprint density at radius 1 is 1.40 bits per heavy atom. The molecule has 2 amide bonds. The van der Waals surface area contributed by atoms with Crippen LogP contribution in [0.1, 0.15) is 12.8 Å². The first-order valence-electron chi connectivity index (χ1n) is 7.23. The molecule has 134 valence electrons. The minimum atomic E-state index is -4.78. The summed E-state index contributed by atoms with van der Waals surface area (Å²) in [4.78, 5) is 27.7. The van der Waals surface area contributed by atoms with Gasteiger partial charge in [-0.3, -0.25) is 14.6 Å². The summed E-state index contributed by atoms with van der Waals surface area (Å²) >= 11 is 0.985. The Kier molecular flexibility index (Phi) is 4.52. The fourth-order valence-corrected chi connectivity index (χ4v) is 3.02. The third-order valence-corrected chi connectivity index (χ3v) is 4.30. The fourth-order valence-electron chi connectivity index (χ4n) is 2.11. The van der Waals surface area contributed by atoms with Crippen LogP contribution in [0.15, 0.2) is 18.2 Å². The Hall–Kier alpha value is -2.40. The zero-order valence-electron chi connectivity index (χ0n) is 12.7. The van der Waals surface area contributed by atoms with Crippen molar-refractivity contribution < 1.29 is 27.5 Å². The van der Waals surface area contributed by atoms with Crippen LogP contribution in [0.2, 0.25) is 0 Å². The summed E-state index contributed by atoms with van der Waals surface area (Å²) in [5.41, 5.74) is 0.411. The summed E-state index contributed by atoms with van der Waals surface area (Å²) in [6, 6.07) is 3.67. The van der Waals surface area contributed by atoms with E-state index in [1.807, 2.05) is 0 Å². The van der Waals surface area contributed by atoms with Crippen LogP contribution >= 0.6 is 11.3 Å². The van der Waals surface area contributed by atoms with Gasteiger partial charge in [0.15, 0.2) is 5.13 Å². The number of hydrogen-bond acceptors (Lipinski definition) is 6. The van der Waals surface area contributed by atoms with Crippen LogP contribution in [0.5, 0.6) is 5.75 Å². The second kappa shape index (κ2) is 6.48. The number of anilines is 1. The number of nitrogens with zero attached hydrogens (tertiary/aromatic N) is 2. The molecule has 0 bridgehead atoms. The average molecular weight is 374 g/mol. The molecule has 0 spiro atoms. The van der Waals surface area contributed by atoms with Crippen molar-refractivity contribution in [2.45, 2.75) is 19.2 Å². The van der Waals surface area contributed by atoms with Crippen molar-refractivity contribution in [2.75, 3.05) is 11.9 Å². The maximum absolute atomic E-state index is 12.2. The predicted octanol–water partition coefficient (Wildman–Crippen LogP) is 2.25. The minimum Gasteiger partial charge on any atom is -0.406 e. The summed E-state index contributed by atoms with van der Waals surface area (Å²) in [5, 5.41) is 3.52. The molecule has 1 saturated carbocycles. The Morgan fingerprint density at radius 2 is 2.12 bits per heavy atom. The first-order chi connectivity index (χ1) is 11.7. The highest BCUT2D eigenvalue weighted by Gasteiger charge is 2.33. The number of amides is 2.